The van der Waals surface area contributed by atoms with Crippen LogP contribution >= 0.6 is 0 Å². The molecule has 0 saturated heterocycles. The van der Waals surface area contributed by atoms with Crippen molar-refractivity contribution in [3.8, 4) is 0 Å². The number of ether oxygens (including phenoxy) is 2. The van der Waals surface area contributed by atoms with E-state index in [0.29, 0.717) is 17.1 Å². The standard InChI is InChI=1S/C19H22O5/c1-4-23-18(21)15-12-9-6-10-8(3)17(20)13(10)11(7-9)14(12)16(15)19(22)24-5-2/h9,11-14H,4-7H2,1-3H3. The number of fused-ring (bicyclic) bond motifs is 7. The molecule has 0 heterocycles. The molecule has 2 bridgehead atoms. The molecule has 0 radical (unpaired) electrons. The lowest BCUT2D eigenvalue weighted by molar-refractivity contribution is -0.145. The summed E-state index contributed by atoms with van der Waals surface area (Å²) in [5.74, 6) is -0.0991. The minimum Gasteiger partial charge on any atom is -0.463 e. The molecule has 4 aliphatic rings. The maximum absolute atomic E-state index is 12.4. The summed E-state index contributed by atoms with van der Waals surface area (Å²) in [4.78, 5) is 37.2. The molecule has 5 unspecified atom stereocenters. The summed E-state index contributed by atoms with van der Waals surface area (Å²) in [5.41, 5.74) is 3.14. The maximum atomic E-state index is 12.4. The van der Waals surface area contributed by atoms with Gasteiger partial charge in [-0.05, 0) is 51.0 Å². The fourth-order valence-electron chi connectivity index (χ4n) is 5.46. The molecule has 24 heavy (non-hydrogen) atoms. The minimum atomic E-state index is -0.414. The van der Waals surface area contributed by atoms with Gasteiger partial charge in [-0.1, -0.05) is 5.57 Å². The van der Waals surface area contributed by atoms with Gasteiger partial charge in [0.15, 0.2) is 5.78 Å². The third-order valence-corrected chi connectivity index (χ3v) is 6.30. The van der Waals surface area contributed by atoms with Crippen molar-refractivity contribution in [1.82, 2.24) is 0 Å². The first kappa shape index (κ1) is 15.6. The van der Waals surface area contributed by atoms with E-state index >= 15 is 0 Å². The molecule has 0 aromatic heterocycles. The highest BCUT2D eigenvalue weighted by atomic mass is 16.5. The Labute approximate surface area is 141 Å². The van der Waals surface area contributed by atoms with E-state index in [1.54, 1.807) is 13.8 Å². The van der Waals surface area contributed by atoms with E-state index in [-0.39, 0.29) is 42.7 Å². The number of hydrogen-bond acceptors (Lipinski definition) is 5. The summed E-state index contributed by atoms with van der Waals surface area (Å²) in [6.45, 7) is 5.97. The van der Waals surface area contributed by atoms with Crippen LogP contribution in [-0.4, -0.2) is 30.9 Å². The van der Waals surface area contributed by atoms with E-state index in [1.165, 1.54) is 5.57 Å². The van der Waals surface area contributed by atoms with E-state index < -0.39 is 11.9 Å². The molecule has 0 amide bonds. The van der Waals surface area contributed by atoms with Gasteiger partial charge in [0.05, 0.1) is 24.4 Å². The Hall–Kier alpha value is -1.91. The first-order chi connectivity index (χ1) is 11.5. The fourth-order valence-corrected chi connectivity index (χ4v) is 5.46. The van der Waals surface area contributed by atoms with Crippen molar-refractivity contribution in [2.75, 3.05) is 13.2 Å². The Morgan fingerprint density at radius 1 is 1.04 bits per heavy atom. The van der Waals surface area contributed by atoms with Crippen molar-refractivity contribution in [3.05, 3.63) is 22.3 Å². The predicted molar refractivity (Wildman–Crippen MR) is 84.7 cm³/mol. The highest BCUT2D eigenvalue weighted by Gasteiger charge is 2.65. The molecular formula is C19H22O5. The molecule has 5 nitrogen and oxygen atoms in total. The van der Waals surface area contributed by atoms with Crippen molar-refractivity contribution in [2.24, 2.45) is 29.6 Å². The normalized spacial score (nSPS) is 35.8. The van der Waals surface area contributed by atoms with Crippen LogP contribution < -0.4 is 0 Å². The lowest BCUT2D eigenvalue weighted by Gasteiger charge is -2.41. The number of rotatable bonds is 4. The SMILES string of the molecule is CCOC(=O)C1=C(C(=O)OCC)C2C3CC(CC4=C(C)C(=O)C43)C12. The quantitative estimate of drug-likeness (QED) is 0.739. The molecule has 5 heteroatoms. The lowest BCUT2D eigenvalue weighted by Crippen LogP contribution is -2.43. The van der Waals surface area contributed by atoms with Crippen LogP contribution in [0.5, 0.6) is 0 Å². The molecule has 0 aromatic rings. The van der Waals surface area contributed by atoms with Gasteiger partial charge in [0.25, 0.3) is 0 Å². The van der Waals surface area contributed by atoms with Crippen LogP contribution in [0.3, 0.4) is 0 Å². The van der Waals surface area contributed by atoms with Gasteiger partial charge in [-0.3, -0.25) is 4.79 Å². The monoisotopic (exact) mass is 330 g/mol. The zero-order valence-corrected chi connectivity index (χ0v) is 14.3. The van der Waals surface area contributed by atoms with E-state index in [0.717, 1.165) is 18.4 Å². The van der Waals surface area contributed by atoms with Crippen LogP contribution in [0, 0.1) is 29.6 Å². The predicted octanol–water partition coefficient (Wildman–Crippen LogP) is 2.21. The minimum absolute atomic E-state index is 0.0204. The first-order valence-electron chi connectivity index (χ1n) is 8.83. The number of esters is 2. The van der Waals surface area contributed by atoms with Gasteiger partial charge in [-0.15, -0.1) is 0 Å². The molecule has 0 aromatic carbocycles. The zero-order chi connectivity index (χ0) is 17.2. The Balaban J connectivity index is 1.73. The Bertz CT molecular complexity index is 713. The van der Waals surface area contributed by atoms with E-state index in [9.17, 15) is 14.4 Å². The van der Waals surface area contributed by atoms with Gasteiger partial charge in [0, 0.05) is 17.8 Å². The molecule has 2 saturated carbocycles. The molecule has 0 spiro atoms. The summed E-state index contributed by atoms with van der Waals surface area (Å²) in [7, 11) is 0. The van der Waals surface area contributed by atoms with Gasteiger partial charge in [0.1, 0.15) is 0 Å². The fraction of sp³-hybridized carbons (Fsp3) is 0.632. The van der Waals surface area contributed by atoms with E-state index in [1.807, 2.05) is 6.92 Å². The smallest absolute Gasteiger partial charge is 0.334 e. The topological polar surface area (TPSA) is 69.7 Å². The summed E-state index contributed by atoms with van der Waals surface area (Å²) in [6.07, 6.45) is 1.78. The number of ketones is 1. The van der Waals surface area contributed by atoms with Crippen LogP contribution in [0.2, 0.25) is 0 Å². The van der Waals surface area contributed by atoms with Crippen LogP contribution in [-0.2, 0) is 23.9 Å². The number of carbonyl (C=O) groups excluding carboxylic acids is 3. The molecule has 5 atom stereocenters. The molecule has 2 fully saturated rings. The van der Waals surface area contributed by atoms with Crippen molar-refractivity contribution < 1.29 is 23.9 Å². The third-order valence-electron chi connectivity index (χ3n) is 6.30. The molecule has 0 N–H and O–H groups in total. The first-order valence-corrected chi connectivity index (χ1v) is 8.83. The van der Waals surface area contributed by atoms with Gasteiger partial charge in [-0.2, -0.15) is 0 Å². The molecule has 0 aliphatic heterocycles. The van der Waals surface area contributed by atoms with Crippen LogP contribution in [0.25, 0.3) is 0 Å². The zero-order valence-electron chi connectivity index (χ0n) is 14.3. The second-order valence-corrected chi connectivity index (χ2v) is 7.18. The number of carbonyl (C=O) groups is 3. The highest BCUT2D eigenvalue weighted by Crippen LogP contribution is 2.67. The van der Waals surface area contributed by atoms with Crippen molar-refractivity contribution in [2.45, 2.75) is 33.6 Å². The lowest BCUT2D eigenvalue weighted by atomic mass is 9.60. The van der Waals surface area contributed by atoms with Crippen LogP contribution in [0.15, 0.2) is 22.3 Å². The second-order valence-electron chi connectivity index (χ2n) is 7.18. The molecule has 4 rings (SSSR count). The van der Waals surface area contributed by atoms with Crippen molar-refractivity contribution in [1.29, 1.82) is 0 Å². The van der Waals surface area contributed by atoms with Crippen LogP contribution in [0.4, 0.5) is 0 Å². The van der Waals surface area contributed by atoms with Crippen LogP contribution in [0.1, 0.15) is 33.6 Å². The number of Topliss-reactive ketones (excluding diaryl/α,β-unsaturated/α-hetero) is 1. The summed E-state index contributed by atoms with van der Waals surface area (Å²) in [5, 5.41) is 0. The van der Waals surface area contributed by atoms with Gasteiger partial charge < -0.3 is 9.47 Å². The number of hydrogen-bond donors (Lipinski definition) is 0. The Kier molecular flexibility index (Phi) is 3.44. The average Bonchev–Trinajstić information content (AvgIpc) is 2.76. The van der Waals surface area contributed by atoms with Crippen molar-refractivity contribution in [3.63, 3.8) is 0 Å². The van der Waals surface area contributed by atoms with E-state index in [2.05, 4.69) is 0 Å². The van der Waals surface area contributed by atoms with E-state index in [4.69, 9.17) is 9.47 Å². The summed E-state index contributed by atoms with van der Waals surface area (Å²) in [6, 6.07) is 0. The van der Waals surface area contributed by atoms with Crippen molar-refractivity contribution >= 4 is 17.7 Å². The molecular weight excluding hydrogens is 308 g/mol. The largest absolute Gasteiger partial charge is 0.463 e. The maximum Gasteiger partial charge on any atom is 0.334 e. The van der Waals surface area contributed by atoms with Gasteiger partial charge >= 0.3 is 11.9 Å². The molecule has 128 valence electrons. The van der Waals surface area contributed by atoms with Gasteiger partial charge in [0.2, 0.25) is 0 Å². The Morgan fingerprint density at radius 2 is 1.62 bits per heavy atom. The average molecular weight is 330 g/mol. The summed E-state index contributed by atoms with van der Waals surface area (Å²) < 4.78 is 10.4. The highest BCUT2D eigenvalue weighted by molar-refractivity contribution is 6.08. The summed E-state index contributed by atoms with van der Waals surface area (Å²) >= 11 is 0. The van der Waals surface area contributed by atoms with Gasteiger partial charge in [-0.25, -0.2) is 9.59 Å². The third kappa shape index (κ3) is 1.78. The number of allylic oxidation sites excluding steroid dienone is 2. The Morgan fingerprint density at radius 3 is 2.21 bits per heavy atom. The molecule has 4 aliphatic carbocycles. The second kappa shape index (κ2) is 5.30.